The minimum Gasteiger partial charge on any atom is -0.493 e. The van der Waals surface area contributed by atoms with Crippen molar-refractivity contribution in [1.29, 1.82) is 0 Å². The Morgan fingerprint density at radius 2 is 1.82 bits per heavy atom. The van der Waals surface area contributed by atoms with Crippen LogP contribution in [0.1, 0.15) is 22.3 Å². The number of methoxy groups -OCH3 is 2. The lowest BCUT2D eigenvalue weighted by molar-refractivity contribution is -0.151. The first-order valence-corrected chi connectivity index (χ1v) is 10.7. The Bertz CT molecular complexity index is 1120. The fourth-order valence-electron chi connectivity index (χ4n) is 3.26. The number of aryl methyl sites for hydroxylation is 1. The van der Waals surface area contributed by atoms with Crippen LogP contribution in [0.2, 0.25) is 5.02 Å². The van der Waals surface area contributed by atoms with Crippen molar-refractivity contribution in [2.75, 3.05) is 32.7 Å². The summed E-state index contributed by atoms with van der Waals surface area (Å²) in [5.41, 5.74) is 4.05. The number of hydrogen-bond donors (Lipinski definition) is 2. The molecule has 0 saturated carbocycles. The summed E-state index contributed by atoms with van der Waals surface area (Å²) in [6.07, 6.45) is -0.153. The molecule has 0 aromatic heterocycles. The third-order valence-electron chi connectivity index (χ3n) is 5.14. The molecular weight excluding hydrogens is 466 g/mol. The molecule has 34 heavy (non-hydrogen) atoms. The first-order valence-electron chi connectivity index (χ1n) is 10.3. The van der Waals surface area contributed by atoms with Crippen LogP contribution in [-0.4, -0.2) is 56.1 Å². The largest absolute Gasteiger partial charge is 0.493 e. The van der Waals surface area contributed by atoms with Crippen LogP contribution >= 0.6 is 11.6 Å². The molecule has 1 heterocycles. The average molecular weight is 490 g/mol. The van der Waals surface area contributed by atoms with E-state index in [2.05, 4.69) is 10.7 Å². The Balaban J connectivity index is 1.51. The molecular formula is C23H24ClN3O7. The van der Waals surface area contributed by atoms with E-state index in [1.165, 1.54) is 26.4 Å². The monoisotopic (exact) mass is 489 g/mol. The summed E-state index contributed by atoms with van der Waals surface area (Å²) < 4.78 is 15.4. The number of hydrazine groups is 1. The second kappa shape index (κ2) is 10.9. The standard InChI is InChI=1S/C23H24ClN3O7/c1-13-4-6-16(10-17(13)24)25-20(28)12-34-23(31)15-9-21(29)27(11-15)26-22(30)14-5-7-18(32-2)19(8-14)33-3/h4-8,10,15H,9,11-12H2,1-3H3,(H,25,28)(H,26,30)/t15-/m1/s1. The van der Waals surface area contributed by atoms with E-state index in [0.29, 0.717) is 22.2 Å². The van der Waals surface area contributed by atoms with Gasteiger partial charge < -0.3 is 19.5 Å². The molecule has 0 radical (unpaired) electrons. The highest BCUT2D eigenvalue weighted by Crippen LogP contribution is 2.28. The van der Waals surface area contributed by atoms with E-state index in [4.69, 9.17) is 25.8 Å². The third-order valence-corrected chi connectivity index (χ3v) is 5.55. The highest BCUT2D eigenvalue weighted by molar-refractivity contribution is 6.31. The van der Waals surface area contributed by atoms with Crippen LogP contribution in [0.25, 0.3) is 0 Å². The minimum absolute atomic E-state index is 0.0775. The fraction of sp³-hybridized carbons (Fsp3) is 0.304. The molecule has 10 nitrogen and oxygen atoms in total. The number of carbonyl (C=O) groups is 4. The van der Waals surface area contributed by atoms with Gasteiger partial charge >= 0.3 is 5.97 Å². The molecule has 2 aromatic carbocycles. The van der Waals surface area contributed by atoms with E-state index >= 15 is 0 Å². The number of hydrogen-bond acceptors (Lipinski definition) is 7. The molecule has 180 valence electrons. The average Bonchev–Trinajstić information content (AvgIpc) is 3.19. The van der Waals surface area contributed by atoms with Gasteiger partial charge in [0.2, 0.25) is 5.91 Å². The summed E-state index contributed by atoms with van der Waals surface area (Å²) >= 11 is 6.03. The summed E-state index contributed by atoms with van der Waals surface area (Å²) in [6.45, 7) is 1.23. The number of amides is 3. The molecule has 1 aliphatic rings. The zero-order valence-corrected chi connectivity index (χ0v) is 19.6. The molecule has 1 saturated heterocycles. The number of benzene rings is 2. The number of halogens is 1. The smallest absolute Gasteiger partial charge is 0.311 e. The molecule has 1 aliphatic heterocycles. The first kappa shape index (κ1) is 24.8. The second-order valence-electron chi connectivity index (χ2n) is 7.54. The Morgan fingerprint density at radius 3 is 2.50 bits per heavy atom. The second-order valence-corrected chi connectivity index (χ2v) is 7.94. The van der Waals surface area contributed by atoms with Gasteiger partial charge in [-0.3, -0.25) is 29.6 Å². The van der Waals surface area contributed by atoms with Crippen molar-refractivity contribution in [3.05, 3.63) is 52.5 Å². The van der Waals surface area contributed by atoms with Crippen molar-refractivity contribution in [2.45, 2.75) is 13.3 Å². The summed E-state index contributed by atoms with van der Waals surface area (Å²) in [5, 5.41) is 4.13. The maximum atomic E-state index is 12.5. The predicted molar refractivity (Wildman–Crippen MR) is 123 cm³/mol. The Morgan fingerprint density at radius 1 is 1.09 bits per heavy atom. The van der Waals surface area contributed by atoms with Crippen LogP contribution in [0.3, 0.4) is 0 Å². The van der Waals surface area contributed by atoms with Gasteiger partial charge in [0.15, 0.2) is 18.1 Å². The van der Waals surface area contributed by atoms with Crippen LogP contribution < -0.4 is 20.2 Å². The highest BCUT2D eigenvalue weighted by atomic mass is 35.5. The van der Waals surface area contributed by atoms with Gasteiger partial charge in [-0.1, -0.05) is 17.7 Å². The van der Waals surface area contributed by atoms with Crippen molar-refractivity contribution < 1.29 is 33.4 Å². The van der Waals surface area contributed by atoms with Gasteiger partial charge in [-0.25, -0.2) is 0 Å². The van der Waals surface area contributed by atoms with Crippen molar-refractivity contribution in [3.8, 4) is 11.5 Å². The van der Waals surface area contributed by atoms with Crippen molar-refractivity contribution >= 4 is 41.0 Å². The van der Waals surface area contributed by atoms with Crippen LogP contribution in [0.5, 0.6) is 11.5 Å². The SMILES string of the molecule is COc1ccc(C(=O)NN2C[C@H](C(=O)OCC(=O)Nc3ccc(C)c(Cl)c3)CC2=O)cc1OC. The maximum Gasteiger partial charge on any atom is 0.311 e. The van der Waals surface area contributed by atoms with Gasteiger partial charge in [-0.05, 0) is 42.8 Å². The van der Waals surface area contributed by atoms with Crippen LogP contribution in [0, 0.1) is 12.8 Å². The Hall–Kier alpha value is -3.79. The number of anilines is 1. The zero-order valence-electron chi connectivity index (χ0n) is 18.8. The molecule has 1 fully saturated rings. The topological polar surface area (TPSA) is 123 Å². The number of nitrogens with one attached hydrogen (secondary N) is 2. The van der Waals surface area contributed by atoms with Crippen LogP contribution in [0.15, 0.2) is 36.4 Å². The summed E-state index contributed by atoms with van der Waals surface area (Å²) in [5.74, 6) is -2.28. The first-order chi connectivity index (χ1) is 16.2. The predicted octanol–water partition coefficient (Wildman–Crippen LogP) is 2.34. The van der Waals surface area contributed by atoms with Gasteiger partial charge in [-0.2, -0.15) is 0 Å². The minimum atomic E-state index is -0.820. The summed E-state index contributed by atoms with van der Waals surface area (Å²) in [7, 11) is 2.91. The van der Waals surface area contributed by atoms with Crippen LogP contribution in [-0.2, 0) is 19.1 Å². The lowest BCUT2D eigenvalue weighted by Gasteiger charge is -2.18. The van der Waals surface area contributed by atoms with Crippen molar-refractivity contribution in [3.63, 3.8) is 0 Å². The molecule has 0 aliphatic carbocycles. The molecule has 0 unspecified atom stereocenters. The van der Waals surface area contributed by atoms with E-state index in [0.717, 1.165) is 10.6 Å². The molecule has 0 bridgehead atoms. The van der Waals surface area contributed by atoms with E-state index in [-0.39, 0.29) is 18.5 Å². The quantitative estimate of drug-likeness (QED) is 0.545. The molecule has 3 amide bonds. The number of ether oxygens (including phenoxy) is 3. The molecule has 2 N–H and O–H groups in total. The van der Waals surface area contributed by atoms with Crippen LogP contribution in [0.4, 0.5) is 5.69 Å². The number of nitrogens with zero attached hydrogens (tertiary/aromatic N) is 1. The number of esters is 1. The van der Waals surface area contributed by atoms with E-state index in [1.54, 1.807) is 24.3 Å². The Kier molecular flexibility index (Phi) is 7.95. The van der Waals surface area contributed by atoms with Crippen molar-refractivity contribution in [2.24, 2.45) is 5.92 Å². The zero-order chi connectivity index (χ0) is 24.8. The number of carbonyl (C=O) groups excluding carboxylic acids is 4. The summed E-state index contributed by atoms with van der Waals surface area (Å²) in [4.78, 5) is 49.3. The van der Waals surface area contributed by atoms with Gasteiger partial charge in [-0.15, -0.1) is 0 Å². The molecule has 3 rings (SSSR count). The van der Waals surface area contributed by atoms with Gasteiger partial charge in [0.1, 0.15) is 0 Å². The van der Waals surface area contributed by atoms with Gasteiger partial charge in [0.05, 0.1) is 26.7 Å². The maximum absolute atomic E-state index is 12.5. The van der Waals surface area contributed by atoms with Gasteiger partial charge in [0, 0.05) is 22.7 Å². The fourth-order valence-corrected chi connectivity index (χ4v) is 3.44. The highest BCUT2D eigenvalue weighted by Gasteiger charge is 2.36. The summed E-state index contributed by atoms with van der Waals surface area (Å²) in [6, 6.07) is 9.57. The molecule has 2 aromatic rings. The van der Waals surface area contributed by atoms with E-state index < -0.39 is 36.2 Å². The van der Waals surface area contributed by atoms with E-state index in [1.807, 2.05) is 6.92 Å². The molecule has 11 heteroatoms. The third kappa shape index (κ3) is 5.96. The Labute approximate surface area is 201 Å². The van der Waals surface area contributed by atoms with Crippen molar-refractivity contribution in [1.82, 2.24) is 10.4 Å². The number of rotatable bonds is 8. The molecule has 0 spiro atoms. The molecule has 1 atom stereocenters. The van der Waals surface area contributed by atoms with E-state index in [9.17, 15) is 19.2 Å². The normalized spacial score (nSPS) is 15.0. The van der Waals surface area contributed by atoms with Gasteiger partial charge in [0.25, 0.3) is 11.8 Å². The lowest BCUT2D eigenvalue weighted by Crippen LogP contribution is -2.43. The lowest BCUT2D eigenvalue weighted by atomic mass is 10.1.